The van der Waals surface area contributed by atoms with Gasteiger partial charge in [-0.1, -0.05) is 53.7 Å². The molecule has 2 aromatic carbocycles. The highest BCUT2D eigenvalue weighted by Gasteiger charge is 2.16. The van der Waals surface area contributed by atoms with Crippen LogP contribution in [0.3, 0.4) is 0 Å². The van der Waals surface area contributed by atoms with Crippen LogP contribution < -0.4 is 10.5 Å². The number of para-hydroxylation sites is 1. The largest absolute Gasteiger partial charge is 0.485 e. The Kier molecular flexibility index (Phi) is 3.93. The van der Waals surface area contributed by atoms with Gasteiger partial charge in [-0.3, -0.25) is 0 Å². The predicted octanol–water partition coefficient (Wildman–Crippen LogP) is 2.70. The van der Waals surface area contributed by atoms with E-state index in [1.165, 1.54) is 0 Å². The summed E-state index contributed by atoms with van der Waals surface area (Å²) in [5.41, 5.74) is 7.03. The monoisotopic (exact) mass is 281 g/mol. The van der Waals surface area contributed by atoms with Crippen LogP contribution in [0.25, 0.3) is 0 Å². The van der Waals surface area contributed by atoms with E-state index in [1.54, 1.807) is 0 Å². The molecule has 5 nitrogen and oxygen atoms in total. The van der Waals surface area contributed by atoms with Gasteiger partial charge < -0.3 is 15.0 Å². The van der Waals surface area contributed by atoms with Crippen LogP contribution in [0.4, 0.5) is 0 Å². The first-order valence-electron chi connectivity index (χ1n) is 6.64. The first-order chi connectivity index (χ1) is 10.3. The second-order valence-corrected chi connectivity index (χ2v) is 4.54. The molecule has 5 heteroatoms. The second-order valence-electron chi connectivity index (χ2n) is 4.54. The highest BCUT2D eigenvalue weighted by atomic mass is 16.5. The summed E-state index contributed by atoms with van der Waals surface area (Å²) in [6.45, 7) is 0.245. The third kappa shape index (κ3) is 3.27. The van der Waals surface area contributed by atoms with Gasteiger partial charge in [-0.2, -0.15) is 4.98 Å². The van der Waals surface area contributed by atoms with Gasteiger partial charge in [0, 0.05) is 0 Å². The summed E-state index contributed by atoms with van der Waals surface area (Å²) < 4.78 is 10.8. The van der Waals surface area contributed by atoms with Crippen molar-refractivity contribution in [2.24, 2.45) is 5.73 Å². The molecule has 0 aliphatic rings. The lowest BCUT2D eigenvalue weighted by Crippen LogP contribution is -2.12. The third-order valence-electron chi connectivity index (χ3n) is 3.02. The van der Waals surface area contributed by atoms with E-state index >= 15 is 0 Å². The van der Waals surface area contributed by atoms with Crippen LogP contribution in [0.15, 0.2) is 65.2 Å². The van der Waals surface area contributed by atoms with Crippen LogP contribution >= 0.6 is 0 Å². The number of hydrogen-bond donors (Lipinski definition) is 1. The van der Waals surface area contributed by atoms with Crippen LogP contribution in [-0.2, 0) is 6.61 Å². The third-order valence-corrected chi connectivity index (χ3v) is 3.02. The first kappa shape index (κ1) is 13.3. The lowest BCUT2D eigenvalue weighted by atomic mass is 10.1. The Hall–Kier alpha value is -2.66. The van der Waals surface area contributed by atoms with Crippen molar-refractivity contribution in [2.45, 2.75) is 12.6 Å². The fraction of sp³-hybridized carbons (Fsp3) is 0.125. The summed E-state index contributed by atoms with van der Waals surface area (Å²) in [4.78, 5) is 4.27. The van der Waals surface area contributed by atoms with E-state index in [0.717, 1.165) is 11.3 Å². The summed E-state index contributed by atoms with van der Waals surface area (Å²) in [5, 5.41) is 3.89. The molecular weight excluding hydrogens is 266 g/mol. The molecule has 21 heavy (non-hydrogen) atoms. The number of ether oxygens (including phenoxy) is 1. The van der Waals surface area contributed by atoms with Gasteiger partial charge in [-0.05, 0) is 17.7 Å². The average molecular weight is 281 g/mol. The van der Waals surface area contributed by atoms with E-state index in [2.05, 4.69) is 10.1 Å². The van der Waals surface area contributed by atoms with Crippen LogP contribution in [0.2, 0.25) is 0 Å². The van der Waals surface area contributed by atoms with Crippen molar-refractivity contribution in [3.05, 3.63) is 77.9 Å². The van der Waals surface area contributed by atoms with E-state index in [9.17, 15) is 0 Å². The van der Waals surface area contributed by atoms with E-state index in [1.807, 2.05) is 60.7 Å². The van der Waals surface area contributed by atoms with Crippen LogP contribution in [0, 0.1) is 0 Å². The SMILES string of the molecule is NC(c1ccccc1)c1nc(COc2ccccc2)no1. The van der Waals surface area contributed by atoms with Crippen LogP contribution in [-0.4, -0.2) is 10.1 Å². The maximum absolute atomic E-state index is 6.10. The number of hydrogen-bond acceptors (Lipinski definition) is 5. The zero-order valence-corrected chi connectivity index (χ0v) is 11.3. The molecule has 0 bridgehead atoms. The molecule has 0 aliphatic carbocycles. The minimum absolute atomic E-state index is 0.245. The Morgan fingerprint density at radius 2 is 1.67 bits per heavy atom. The lowest BCUT2D eigenvalue weighted by Gasteiger charge is -2.05. The van der Waals surface area contributed by atoms with Gasteiger partial charge in [-0.25, -0.2) is 0 Å². The molecule has 0 fully saturated rings. The molecule has 0 aliphatic heterocycles. The molecule has 1 heterocycles. The van der Waals surface area contributed by atoms with Gasteiger partial charge >= 0.3 is 0 Å². The van der Waals surface area contributed by atoms with E-state index < -0.39 is 6.04 Å². The molecular formula is C16H15N3O2. The van der Waals surface area contributed by atoms with E-state index in [0.29, 0.717) is 11.7 Å². The standard InChI is InChI=1S/C16H15N3O2/c17-15(12-7-3-1-4-8-12)16-18-14(19-21-16)11-20-13-9-5-2-6-10-13/h1-10,15H,11,17H2. The number of aromatic nitrogens is 2. The summed E-state index contributed by atoms with van der Waals surface area (Å²) >= 11 is 0. The Morgan fingerprint density at radius 1 is 1.00 bits per heavy atom. The molecule has 0 spiro atoms. The molecule has 3 rings (SSSR count). The topological polar surface area (TPSA) is 74.2 Å². The fourth-order valence-corrected chi connectivity index (χ4v) is 1.92. The molecule has 0 saturated heterocycles. The molecule has 0 amide bonds. The van der Waals surface area contributed by atoms with Crippen molar-refractivity contribution in [2.75, 3.05) is 0 Å². The van der Waals surface area contributed by atoms with Crippen molar-refractivity contribution in [1.82, 2.24) is 10.1 Å². The van der Waals surface area contributed by atoms with Crippen LogP contribution in [0.1, 0.15) is 23.3 Å². The van der Waals surface area contributed by atoms with Gasteiger partial charge in [0.15, 0.2) is 6.61 Å². The Morgan fingerprint density at radius 3 is 2.38 bits per heavy atom. The van der Waals surface area contributed by atoms with Crippen molar-refractivity contribution in [1.29, 1.82) is 0 Å². The molecule has 1 aromatic heterocycles. The minimum atomic E-state index is -0.427. The molecule has 106 valence electrons. The number of benzene rings is 2. The summed E-state index contributed by atoms with van der Waals surface area (Å²) in [6.07, 6.45) is 0. The maximum Gasteiger partial charge on any atom is 0.248 e. The molecule has 2 N–H and O–H groups in total. The van der Waals surface area contributed by atoms with Gasteiger partial charge in [0.25, 0.3) is 0 Å². The smallest absolute Gasteiger partial charge is 0.248 e. The highest BCUT2D eigenvalue weighted by molar-refractivity contribution is 5.23. The Balaban J connectivity index is 1.66. The molecule has 0 radical (unpaired) electrons. The zero-order valence-electron chi connectivity index (χ0n) is 11.3. The normalized spacial score (nSPS) is 12.0. The van der Waals surface area contributed by atoms with Gasteiger partial charge in [0.2, 0.25) is 11.7 Å². The molecule has 1 unspecified atom stereocenters. The minimum Gasteiger partial charge on any atom is -0.485 e. The predicted molar refractivity (Wildman–Crippen MR) is 77.5 cm³/mol. The zero-order chi connectivity index (χ0) is 14.5. The van der Waals surface area contributed by atoms with Gasteiger partial charge in [0.1, 0.15) is 11.8 Å². The van der Waals surface area contributed by atoms with Crippen molar-refractivity contribution >= 4 is 0 Å². The lowest BCUT2D eigenvalue weighted by molar-refractivity contribution is 0.284. The van der Waals surface area contributed by atoms with Crippen molar-refractivity contribution in [3.8, 4) is 5.75 Å². The first-order valence-corrected chi connectivity index (χ1v) is 6.64. The Labute approximate surface area is 122 Å². The number of rotatable bonds is 5. The van der Waals surface area contributed by atoms with Gasteiger partial charge in [0.05, 0.1) is 0 Å². The van der Waals surface area contributed by atoms with Crippen LogP contribution in [0.5, 0.6) is 5.75 Å². The van der Waals surface area contributed by atoms with E-state index in [-0.39, 0.29) is 6.61 Å². The quantitative estimate of drug-likeness (QED) is 0.778. The van der Waals surface area contributed by atoms with Gasteiger partial charge in [-0.15, -0.1) is 0 Å². The number of nitrogens with zero attached hydrogens (tertiary/aromatic N) is 2. The van der Waals surface area contributed by atoms with E-state index in [4.69, 9.17) is 15.0 Å². The molecule has 3 aromatic rings. The summed E-state index contributed by atoms with van der Waals surface area (Å²) in [5.74, 6) is 1.62. The fourth-order valence-electron chi connectivity index (χ4n) is 1.92. The maximum atomic E-state index is 6.10. The summed E-state index contributed by atoms with van der Waals surface area (Å²) in [6, 6.07) is 18.7. The average Bonchev–Trinajstić information content (AvgIpc) is 3.03. The molecule has 0 saturated carbocycles. The summed E-state index contributed by atoms with van der Waals surface area (Å²) in [7, 11) is 0. The number of nitrogens with two attached hydrogens (primary N) is 1. The van der Waals surface area contributed by atoms with Crippen molar-refractivity contribution < 1.29 is 9.26 Å². The second kappa shape index (κ2) is 6.19. The Bertz CT molecular complexity index is 683. The van der Waals surface area contributed by atoms with Crippen molar-refractivity contribution in [3.63, 3.8) is 0 Å². The highest BCUT2D eigenvalue weighted by Crippen LogP contribution is 2.18. The molecule has 1 atom stereocenters.